The molecule has 0 fully saturated rings. The highest BCUT2D eigenvalue weighted by Crippen LogP contribution is 2.43. The lowest BCUT2D eigenvalue weighted by atomic mass is 10.00. The standard InChI is InChI=1S/C29H29N3O5S/c1-5-13-37-20-9-12-25-22(15-20)27(21-10-8-19(34-3)16-26(21)35-4)28(29(33)36-6-2)32(25)17-18-7-11-23-24(14-18)31-38-30-23/h7-12,14-16H,5-6,13,17H2,1-4H3. The molecule has 3 aromatic carbocycles. The molecule has 0 aliphatic carbocycles. The van der Waals surface area contributed by atoms with Crippen LogP contribution in [0.3, 0.4) is 0 Å². The molecule has 9 heteroatoms. The van der Waals surface area contributed by atoms with E-state index in [0.717, 1.165) is 50.8 Å². The second kappa shape index (κ2) is 11.1. The van der Waals surface area contributed by atoms with Crippen LogP contribution in [-0.4, -0.2) is 46.7 Å². The van der Waals surface area contributed by atoms with Gasteiger partial charge in [0.05, 0.1) is 39.2 Å². The third-order valence-electron chi connectivity index (χ3n) is 6.31. The predicted octanol–water partition coefficient (Wildman–Crippen LogP) is 6.34. The Labute approximate surface area is 225 Å². The van der Waals surface area contributed by atoms with Crippen LogP contribution in [0.1, 0.15) is 36.3 Å². The summed E-state index contributed by atoms with van der Waals surface area (Å²) in [5.74, 6) is 1.56. The van der Waals surface area contributed by atoms with Gasteiger partial charge in [0.15, 0.2) is 0 Å². The smallest absolute Gasteiger partial charge is 0.355 e. The third kappa shape index (κ3) is 4.77. The summed E-state index contributed by atoms with van der Waals surface area (Å²) in [6.07, 6.45) is 0.889. The number of aromatic nitrogens is 3. The highest BCUT2D eigenvalue weighted by atomic mass is 32.1. The fraction of sp³-hybridized carbons (Fsp3) is 0.276. The lowest BCUT2D eigenvalue weighted by Crippen LogP contribution is -2.14. The second-order valence-corrected chi connectivity index (χ2v) is 9.24. The van der Waals surface area contributed by atoms with Gasteiger partial charge < -0.3 is 23.5 Å². The van der Waals surface area contributed by atoms with Gasteiger partial charge in [-0.25, -0.2) is 4.79 Å². The number of fused-ring (bicyclic) bond motifs is 2. The number of carbonyl (C=O) groups is 1. The Bertz CT molecular complexity index is 1610. The van der Waals surface area contributed by atoms with E-state index >= 15 is 0 Å². The number of rotatable bonds is 10. The van der Waals surface area contributed by atoms with Crippen molar-refractivity contribution in [3.63, 3.8) is 0 Å². The highest BCUT2D eigenvalue weighted by Gasteiger charge is 2.27. The minimum atomic E-state index is -0.413. The Kier molecular flexibility index (Phi) is 7.46. The van der Waals surface area contributed by atoms with Crippen molar-refractivity contribution in [2.75, 3.05) is 27.4 Å². The Morgan fingerprint density at radius 3 is 2.50 bits per heavy atom. The number of esters is 1. The SMILES string of the molecule is CCCOc1ccc2c(c1)c(-c1ccc(OC)cc1OC)c(C(=O)OCC)n2Cc1ccc2nsnc2c1. The third-order valence-corrected chi connectivity index (χ3v) is 6.87. The maximum Gasteiger partial charge on any atom is 0.355 e. The van der Waals surface area contributed by atoms with Gasteiger partial charge in [-0.1, -0.05) is 13.0 Å². The number of ether oxygens (including phenoxy) is 4. The molecule has 0 saturated heterocycles. The molecule has 8 nitrogen and oxygen atoms in total. The summed E-state index contributed by atoms with van der Waals surface area (Å²) in [4.78, 5) is 13.6. The van der Waals surface area contributed by atoms with Crippen molar-refractivity contribution < 1.29 is 23.7 Å². The number of benzene rings is 3. The number of nitrogens with zero attached hydrogens (tertiary/aromatic N) is 3. The zero-order valence-electron chi connectivity index (χ0n) is 21.8. The molecule has 2 heterocycles. The van der Waals surface area contributed by atoms with Gasteiger partial charge in [0.25, 0.3) is 0 Å². The van der Waals surface area contributed by atoms with Gasteiger partial charge >= 0.3 is 5.97 Å². The van der Waals surface area contributed by atoms with Gasteiger partial charge in [-0.15, -0.1) is 0 Å². The van der Waals surface area contributed by atoms with Crippen molar-refractivity contribution in [1.29, 1.82) is 0 Å². The van der Waals surface area contributed by atoms with Crippen molar-refractivity contribution in [3.8, 4) is 28.4 Å². The fourth-order valence-corrected chi connectivity index (χ4v) is 5.12. The van der Waals surface area contributed by atoms with Gasteiger partial charge in [0.2, 0.25) is 0 Å². The quantitative estimate of drug-likeness (QED) is 0.194. The molecule has 0 spiro atoms. The lowest BCUT2D eigenvalue weighted by molar-refractivity contribution is 0.0516. The van der Waals surface area contributed by atoms with Crippen molar-refractivity contribution in [1.82, 2.24) is 13.3 Å². The number of carbonyl (C=O) groups excluding carboxylic acids is 1. The first-order chi connectivity index (χ1) is 18.6. The lowest BCUT2D eigenvalue weighted by Gasteiger charge is -2.14. The van der Waals surface area contributed by atoms with E-state index in [2.05, 4.69) is 15.7 Å². The summed E-state index contributed by atoms with van der Waals surface area (Å²) in [5, 5.41) is 0.863. The van der Waals surface area contributed by atoms with Crippen molar-refractivity contribution in [2.24, 2.45) is 0 Å². The largest absolute Gasteiger partial charge is 0.497 e. The molecule has 38 heavy (non-hydrogen) atoms. The minimum Gasteiger partial charge on any atom is -0.497 e. The zero-order chi connectivity index (χ0) is 26.6. The van der Waals surface area contributed by atoms with Crippen molar-refractivity contribution in [3.05, 3.63) is 65.9 Å². The first-order valence-corrected chi connectivity index (χ1v) is 13.2. The van der Waals surface area contributed by atoms with Crippen LogP contribution in [-0.2, 0) is 11.3 Å². The molecule has 5 aromatic rings. The molecule has 0 unspecified atom stereocenters. The molecule has 5 rings (SSSR count). The van der Waals surface area contributed by atoms with E-state index in [1.165, 1.54) is 11.7 Å². The Morgan fingerprint density at radius 2 is 1.74 bits per heavy atom. The maximum absolute atomic E-state index is 13.6. The van der Waals surface area contributed by atoms with Crippen LogP contribution in [0, 0.1) is 0 Å². The first-order valence-electron chi connectivity index (χ1n) is 12.5. The average Bonchev–Trinajstić information content (AvgIpc) is 3.53. The van der Waals surface area contributed by atoms with E-state index in [1.807, 2.05) is 59.2 Å². The Hall–Kier alpha value is -4.11. The monoisotopic (exact) mass is 531 g/mol. The number of hydrogen-bond donors (Lipinski definition) is 0. The number of hydrogen-bond acceptors (Lipinski definition) is 8. The summed E-state index contributed by atoms with van der Waals surface area (Å²) in [6.45, 7) is 5.15. The van der Waals surface area contributed by atoms with Gasteiger partial charge in [-0.3, -0.25) is 0 Å². The molecule has 0 atom stereocenters. The van der Waals surface area contributed by atoms with Crippen LogP contribution >= 0.6 is 11.7 Å². The van der Waals surface area contributed by atoms with Gasteiger partial charge in [0, 0.05) is 34.6 Å². The van der Waals surface area contributed by atoms with E-state index in [9.17, 15) is 4.79 Å². The molecular weight excluding hydrogens is 502 g/mol. The van der Waals surface area contributed by atoms with Crippen LogP contribution in [0.2, 0.25) is 0 Å². The molecule has 0 radical (unpaired) electrons. The van der Waals surface area contributed by atoms with Crippen molar-refractivity contribution in [2.45, 2.75) is 26.8 Å². The summed E-state index contributed by atoms with van der Waals surface area (Å²) in [6, 6.07) is 17.5. The first kappa shape index (κ1) is 25.5. The zero-order valence-corrected chi connectivity index (χ0v) is 22.6. The molecule has 0 aliphatic rings. The summed E-state index contributed by atoms with van der Waals surface area (Å²) < 4.78 is 33.4. The van der Waals surface area contributed by atoms with E-state index in [-0.39, 0.29) is 6.61 Å². The molecule has 0 saturated carbocycles. The van der Waals surface area contributed by atoms with Gasteiger partial charge in [-0.2, -0.15) is 8.75 Å². The number of methoxy groups -OCH3 is 2. The van der Waals surface area contributed by atoms with E-state index in [1.54, 1.807) is 21.1 Å². The van der Waals surface area contributed by atoms with Gasteiger partial charge in [-0.05, 0) is 61.4 Å². The minimum absolute atomic E-state index is 0.251. The predicted molar refractivity (Wildman–Crippen MR) is 149 cm³/mol. The fourth-order valence-electron chi connectivity index (χ4n) is 4.61. The molecule has 0 N–H and O–H groups in total. The Balaban J connectivity index is 1.79. The summed E-state index contributed by atoms with van der Waals surface area (Å²) in [7, 11) is 3.21. The van der Waals surface area contributed by atoms with Crippen LogP contribution in [0.25, 0.3) is 33.1 Å². The summed E-state index contributed by atoms with van der Waals surface area (Å²) >= 11 is 1.18. The van der Waals surface area contributed by atoms with E-state index in [0.29, 0.717) is 30.3 Å². The molecule has 0 amide bonds. The van der Waals surface area contributed by atoms with Crippen LogP contribution in [0.15, 0.2) is 54.6 Å². The van der Waals surface area contributed by atoms with Crippen LogP contribution < -0.4 is 14.2 Å². The Morgan fingerprint density at radius 1 is 0.921 bits per heavy atom. The highest BCUT2D eigenvalue weighted by molar-refractivity contribution is 7.00. The maximum atomic E-state index is 13.6. The summed E-state index contributed by atoms with van der Waals surface area (Å²) in [5.41, 5.74) is 5.46. The van der Waals surface area contributed by atoms with Crippen molar-refractivity contribution >= 4 is 39.6 Å². The molecule has 0 aliphatic heterocycles. The molecule has 196 valence electrons. The molecule has 0 bridgehead atoms. The van der Waals surface area contributed by atoms with Crippen LogP contribution in [0.4, 0.5) is 0 Å². The molecule has 2 aromatic heterocycles. The topological polar surface area (TPSA) is 84.7 Å². The van der Waals surface area contributed by atoms with E-state index < -0.39 is 5.97 Å². The molecular formula is C29H29N3O5S. The second-order valence-electron chi connectivity index (χ2n) is 8.71. The normalized spacial score (nSPS) is 11.2. The van der Waals surface area contributed by atoms with Crippen LogP contribution in [0.5, 0.6) is 17.2 Å². The van der Waals surface area contributed by atoms with Gasteiger partial charge in [0.1, 0.15) is 34.0 Å². The van der Waals surface area contributed by atoms with E-state index in [4.69, 9.17) is 18.9 Å². The average molecular weight is 532 g/mol.